The van der Waals surface area contributed by atoms with Crippen LogP contribution in [0.25, 0.3) is 0 Å². The van der Waals surface area contributed by atoms with Gasteiger partial charge >= 0.3 is 24.3 Å². The van der Waals surface area contributed by atoms with Crippen molar-refractivity contribution in [3.05, 3.63) is 65.4 Å². The molecule has 0 radical (unpaired) electrons. The van der Waals surface area contributed by atoms with Crippen LogP contribution in [0.3, 0.4) is 0 Å². The second-order valence-corrected chi connectivity index (χ2v) is 11.0. The fraction of sp³-hybridized carbons (Fsp3) is 0.438. The summed E-state index contributed by atoms with van der Waals surface area (Å²) in [4.78, 5) is 44.5. The molecule has 2 aliphatic rings. The highest BCUT2D eigenvalue weighted by molar-refractivity contribution is 6.07. The van der Waals surface area contributed by atoms with Gasteiger partial charge in [0.1, 0.15) is 5.92 Å². The monoisotopic (exact) mass is 645 g/mol. The molecule has 0 bridgehead atoms. The van der Waals surface area contributed by atoms with Crippen molar-refractivity contribution in [2.24, 2.45) is 10.9 Å². The lowest BCUT2D eigenvalue weighted by Crippen LogP contribution is -2.45. The average Bonchev–Trinajstić information content (AvgIpc) is 3.02. The summed E-state index contributed by atoms with van der Waals surface area (Å²) in [5, 5.41) is 8.97. The predicted molar refractivity (Wildman–Crippen MR) is 166 cm³/mol. The van der Waals surface area contributed by atoms with Gasteiger partial charge in [-0.1, -0.05) is 24.3 Å². The minimum Gasteiger partial charge on any atom is -0.468 e. The number of methoxy groups -OCH3 is 2. The lowest BCUT2D eigenvalue weighted by atomic mass is 9.75. The molecule has 2 aliphatic heterocycles. The minimum absolute atomic E-state index is 0.138. The molecule has 46 heavy (non-hydrogen) atoms. The Morgan fingerprint density at radius 1 is 0.978 bits per heavy atom. The number of anilines is 2. The highest BCUT2D eigenvalue weighted by Crippen LogP contribution is 2.40. The van der Waals surface area contributed by atoms with E-state index in [1.807, 2.05) is 4.90 Å². The maximum absolute atomic E-state index is 12.8. The number of carbonyl (C=O) groups is 3. The summed E-state index contributed by atoms with van der Waals surface area (Å²) in [5.74, 6) is -2.96. The van der Waals surface area contributed by atoms with Crippen LogP contribution in [0.2, 0.25) is 0 Å². The number of benzene rings is 2. The summed E-state index contributed by atoms with van der Waals surface area (Å²) in [6, 6.07) is 12.7. The Hall–Kier alpha value is -4.59. The highest BCUT2D eigenvalue weighted by atomic mass is 19.4. The van der Waals surface area contributed by atoms with Crippen molar-refractivity contribution in [1.29, 1.82) is 0 Å². The lowest BCUT2D eigenvalue weighted by Gasteiger charge is -2.35. The number of carbonyl (C=O) groups excluding carboxylic acids is 3. The largest absolute Gasteiger partial charge is 0.573 e. The molecule has 2 unspecified atom stereocenters. The van der Waals surface area contributed by atoms with Gasteiger partial charge in [-0.05, 0) is 56.5 Å². The molecule has 2 aromatic rings. The second-order valence-electron chi connectivity index (χ2n) is 11.0. The molecule has 1 fully saturated rings. The fourth-order valence-electron chi connectivity index (χ4n) is 5.90. The van der Waals surface area contributed by atoms with Gasteiger partial charge in [-0.3, -0.25) is 9.79 Å². The predicted octanol–water partition coefficient (Wildman–Crippen LogP) is 4.76. The molecule has 0 spiro atoms. The van der Waals surface area contributed by atoms with E-state index in [9.17, 15) is 27.6 Å². The molecule has 2 atom stereocenters. The molecule has 248 valence electrons. The summed E-state index contributed by atoms with van der Waals surface area (Å²) < 4.78 is 52.6. The molecular weight excluding hydrogens is 607 g/mol. The average molecular weight is 646 g/mol. The first-order chi connectivity index (χ1) is 21.9. The number of nitrogens with zero attached hydrogens (tertiary/aromatic N) is 2. The van der Waals surface area contributed by atoms with Gasteiger partial charge in [0, 0.05) is 55.2 Å². The number of amides is 2. The van der Waals surface area contributed by atoms with Gasteiger partial charge in [-0.25, -0.2) is 9.59 Å². The maximum Gasteiger partial charge on any atom is 0.573 e. The van der Waals surface area contributed by atoms with E-state index in [2.05, 4.69) is 25.7 Å². The second kappa shape index (κ2) is 15.1. The zero-order chi connectivity index (χ0) is 33.4. The zero-order valence-electron chi connectivity index (χ0n) is 26.1. The van der Waals surface area contributed by atoms with E-state index < -0.39 is 36.2 Å². The van der Waals surface area contributed by atoms with Crippen molar-refractivity contribution >= 4 is 35.1 Å². The molecule has 0 aromatic heterocycles. The molecule has 1 saturated heterocycles. The quantitative estimate of drug-likeness (QED) is 0.249. The van der Waals surface area contributed by atoms with Crippen LogP contribution in [-0.4, -0.2) is 76.5 Å². The number of urea groups is 1. The van der Waals surface area contributed by atoms with Crippen LogP contribution in [0.4, 0.5) is 29.3 Å². The summed E-state index contributed by atoms with van der Waals surface area (Å²) in [5.41, 5.74) is 2.63. The van der Waals surface area contributed by atoms with Crippen LogP contribution in [0.1, 0.15) is 38.2 Å². The third kappa shape index (κ3) is 8.56. The van der Waals surface area contributed by atoms with E-state index in [-0.39, 0.29) is 17.4 Å². The first kappa shape index (κ1) is 34.3. The summed E-state index contributed by atoms with van der Waals surface area (Å²) in [6.45, 7) is 5.29. The molecule has 2 aromatic carbocycles. The van der Waals surface area contributed by atoms with Crippen molar-refractivity contribution < 1.29 is 41.8 Å². The lowest BCUT2D eigenvalue weighted by molar-refractivity contribution is -0.274. The third-order valence-corrected chi connectivity index (χ3v) is 7.96. The van der Waals surface area contributed by atoms with Gasteiger partial charge < -0.3 is 35.1 Å². The van der Waals surface area contributed by atoms with E-state index in [1.54, 1.807) is 50.2 Å². The van der Waals surface area contributed by atoms with E-state index in [0.29, 0.717) is 67.4 Å². The molecule has 2 amide bonds. The number of piperidine rings is 1. The molecule has 4 rings (SSSR count). The number of allylic oxidation sites excluding steroid dienone is 1. The van der Waals surface area contributed by atoms with Gasteiger partial charge in [0.25, 0.3) is 0 Å². The Kier molecular flexibility index (Phi) is 11.3. The summed E-state index contributed by atoms with van der Waals surface area (Å²) in [6.07, 6.45) is -3.35. The number of aliphatic imine (C=N–C) groups is 1. The molecule has 3 N–H and O–H groups in total. The Bertz CT molecular complexity index is 1490. The van der Waals surface area contributed by atoms with E-state index in [4.69, 9.17) is 9.47 Å². The van der Waals surface area contributed by atoms with Crippen molar-refractivity contribution in [3.8, 4) is 5.75 Å². The Morgan fingerprint density at radius 2 is 1.70 bits per heavy atom. The Morgan fingerprint density at radius 3 is 2.37 bits per heavy atom. The van der Waals surface area contributed by atoms with Crippen molar-refractivity contribution in [3.63, 3.8) is 0 Å². The SMILES string of the molecule is COC(=O)C1=C(C)N=C(C)C(C(=O)OC)C1c1cccc(NC(=O)NCCNC2CCN(c3ccccc3OC(F)(F)F)CC2)c1. The number of hydrogen-bond acceptors (Lipinski definition) is 9. The number of rotatable bonds is 10. The number of esters is 2. The van der Waals surface area contributed by atoms with Gasteiger partial charge in [0.2, 0.25) is 0 Å². The number of alkyl halides is 3. The molecule has 11 nitrogen and oxygen atoms in total. The van der Waals surface area contributed by atoms with Crippen molar-refractivity contribution in [1.82, 2.24) is 10.6 Å². The third-order valence-electron chi connectivity index (χ3n) is 7.96. The summed E-state index contributed by atoms with van der Waals surface area (Å²) in [7, 11) is 2.53. The van der Waals surface area contributed by atoms with Crippen LogP contribution in [0.15, 0.2) is 64.8 Å². The topological polar surface area (TPSA) is 131 Å². The van der Waals surface area contributed by atoms with Gasteiger partial charge in [0.15, 0.2) is 5.75 Å². The van der Waals surface area contributed by atoms with Crippen LogP contribution in [0, 0.1) is 5.92 Å². The van der Waals surface area contributed by atoms with Crippen molar-refractivity contribution in [2.45, 2.75) is 45.0 Å². The fourth-order valence-corrected chi connectivity index (χ4v) is 5.90. The van der Waals surface area contributed by atoms with Gasteiger partial charge in [0.05, 0.1) is 25.5 Å². The smallest absolute Gasteiger partial charge is 0.468 e. The van der Waals surface area contributed by atoms with Crippen molar-refractivity contribution in [2.75, 3.05) is 50.6 Å². The first-order valence-corrected chi connectivity index (χ1v) is 14.8. The Balaban J connectivity index is 1.30. The maximum atomic E-state index is 12.8. The van der Waals surface area contributed by atoms with Crippen LogP contribution in [0.5, 0.6) is 5.75 Å². The van der Waals surface area contributed by atoms with E-state index in [1.165, 1.54) is 26.4 Å². The highest BCUT2D eigenvalue weighted by Gasteiger charge is 2.42. The minimum atomic E-state index is -4.76. The van der Waals surface area contributed by atoms with E-state index >= 15 is 0 Å². The summed E-state index contributed by atoms with van der Waals surface area (Å²) >= 11 is 0. The zero-order valence-corrected chi connectivity index (χ0v) is 26.1. The molecule has 14 heteroatoms. The number of nitrogens with one attached hydrogen (secondary N) is 3. The number of ether oxygens (including phenoxy) is 3. The molecule has 0 aliphatic carbocycles. The van der Waals surface area contributed by atoms with Gasteiger partial charge in [-0.2, -0.15) is 0 Å². The first-order valence-electron chi connectivity index (χ1n) is 14.8. The van der Waals surface area contributed by atoms with Crippen LogP contribution < -0.4 is 25.6 Å². The number of para-hydroxylation sites is 2. The number of hydrogen-bond donors (Lipinski definition) is 3. The molecule has 0 saturated carbocycles. The van der Waals surface area contributed by atoms with E-state index in [0.717, 1.165) is 0 Å². The molecule has 2 heterocycles. The Labute approximate surface area is 265 Å². The standard InChI is InChI=1S/C32H38F3N5O6/c1-19-26(29(41)44-3)28(27(20(2)38-19)30(42)45-4)21-8-7-9-23(18-21)39-31(43)37-15-14-36-22-12-16-40(17-13-22)24-10-5-6-11-25(24)46-32(33,34)35/h5-11,18,22,26,28,36H,12-17H2,1-4H3,(H2,37,39,43). The van der Waals surface area contributed by atoms with Crippen LogP contribution in [-0.2, 0) is 19.1 Å². The normalized spacial score (nSPS) is 18.8. The molecular formula is C32H38F3N5O6. The van der Waals surface area contributed by atoms with Gasteiger partial charge in [-0.15, -0.1) is 13.2 Å². The van der Waals surface area contributed by atoms with Crippen LogP contribution >= 0.6 is 0 Å². The number of halogens is 3.